The first-order valence-corrected chi connectivity index (χ1v) is 5.26. The molecule has 4 nitrogen and oxygen atoms in total. The van der Waals surface area contributed by atoms with Crippen molar-refractivity contribution in [3.05, 3.63) is 23.8 Å². The van der Waals surface area contributed by atoms with Gasteiger partial charge in [0.05, 0.1) is 20.3 Å². The molecule has 1 heterocycles. The van der Waals surface area contributed by atoms with Crippen molar-refractivity contribution < 1.29 is 14.3 Å². The first-order chi connectivity index (χ1) is 7.74. The minimum absolute atomic E-state index is 0.0394. The summed E-state index contributed by atoms with van der Waals surface area (Å²) >= 11 is 0. The molecule has 86 valence electrons. The van der Waals surface area contributed by atoms with Gasteiger partial charge in [-0.05, 0) is 24.6 Å². The first kappa shape index (κ1) is 10.8. The largest absolute Gasteiger partial charge is 0.497 e. The fourth-order valence-corrected chi connectivity index (χ4v) is 1.96. The number of hydrogen-bond donors (Lipinski definition) is 1. The van der Waals surface area contributed by atoms with E-state index < -0.39 is 0 Å². The molecule has 1 aliphatic rings. The Balaban J connectivity index is 2.33. The third-order valence-electron chi connectivity index (χ3n) is 2.81. The Morgan fingerprint density at radius 2 is 2.12 bits per heavy atom. The summed E-state index contributed by atoms with van der Waals surface area (Å²) in [5.74, 6) is 1.65. The van der Waals surface area contributed by atoms with Crippen LogP contribution >= 0.6 is 0 Å². The third kappa shape index (κ3) is 1.96. The molecule has 0 spiro atoms. The van der Waals surface area contributed by atoms with Gasteiger partial charge in [-0.3, -0.25) is 4.79 Å². The summed E-state index contributed by atoms with van der Waals surface area (Å²) in [6.45, 7) is 0. The highest BCUT2D eigenvalue weighted by Crippen LogP contribution is 2.33. The highest BCUT2D eigenvalue weighted by atomic mass is 16.5. The van der Waals surface area contributed by atoms with Crippen molar-refractivity contribution >= 4 is 5.91 Å². The second-order valence-electron chi connectivity index (χ2n) is 3.77. The van der Waals surface area contributed by atoms with Crippen LogP contribution in [0.2, 0.25) is 0 Å². The summed E-state index contributed by atoms with van der Waals surface area (Å²) in [6.07, 6.45) is 1.38. The van der Waals surface area contributed by atoms with E-state index in [1.165, 1.54) is 0 Å². The van der Waals surface area contributed by atoms with Gasteiger partial charge < -0.3 is 14.8 Å². The molecule has 1 aromatic rings. The maximum absolute atomic E-state index is 11.2. The predicted molar refractivity (Wildman–Crippen MR) is 59.7 cm³/mol. The van der Waals surface area contributed by atoms with Crippen LogP contribution in [0, 0.1) is 0 Å². The summed E-state index contributed by atoms with van der Waals surface area (Å²) in [5, 5.41) is 2.92. The van der Waals surface area contributed by atoms with E-state index in [9.17, 15) is 4.79 Å². The van der Waals surface area contributed by atoms with Gasteiger partial charge in [0, 0.05) is 12.0 Å². The lowest BCUT2D eigenvalue weighted by molar-refractivity contribution is -0.119. The Morgan fingerprint density at radius 1 is 1.31 bits per heavy atom. The topological polar surface area (TPSA) is 47.6 Å². The Morgan fingerprint density at radius 3 is 2.69 bits per heavy atom. The first-order valence-electron chi connectivity index (χ1n) is 5.26. The number of carbonyl (C=O) groups is 1. The zero-order chi connectivity index (χ0) is 11.5. The smallest absolute Gasteiger partial charge is 0.220 e. The normalized spacial score (nSPS) is 19.4. The lowest BCUT2D eigenvalue weighted by Crippen LogP contribution is -2.18. The Bertz CT molecular complexity index is 403. The summed E-state index contributed by atoms with van der Waals surface area (Å²) < 4.78 is 10.5. The van der Waals surface area contributed by atoms with Gasteiger partial charge in [0.1, 0.15) is 11.5 Å². The van der Waals surface area contributed by atoms with Crippen LogP contribution in [0.1, 0.15) is 24.4 Å². The van der Waals surface area contributed by atoms with Crippen molar-refractivity contribution in [3.8, 4) is 11.5 Å². The fraction of sp³-hybridized carbons (Fsp3) is 0.417. The maximum Gasteiger partial charge on any atom is 0.220 e. The van der Waals surface area contributed by atoms with Gasteiger partial charge in [-0.1, -0.05) is 0 Å². The second-order valence-corrected chi connectivity index (χ2v) is 3.77. The van der Waals surface area contributed by atoms with Crippen LogP contribution in [0.15, 0.2) is 18.2 Å². The number of rotatable bonds is 3. The molecule has 0 radical (unpaired) electrons. The van der Waals surface area contributed by atoms with E-state index in [4.69, 9.17) is 9.47 Å². The van der Waals surface area contributed by atoms with Gasteiger partial charge in [0.25, 0.3) is 0 Å². The summed E-state index contributed by atoms with van der Waals surface area (Å²) in [5.41, 5.74) is 0.979. The lowest BCUT2D eigenvalue weighted by atomic mass is 10.0. The van der Waals surface area contributed by atoms with Crippen LogP contribution < -0.4 is 14.8 Å². The minimum Gasteiger partial charge on any atom is -0.497 e. The van der Waals surface area contributed by atoms with E-state index >= 15 is 0 Å². The SMILES string of the molecule is COc1ccc(OC)c(C2CCC(=O)N2)c1. The zero-order valence-electron chi connectivity index (χ0n) is 9.45. The molecule has 1 saturated heterocycles. The van der Waals surface area contributed by atoms with Gasteiger partial charge in [-0.15, -0.1) is 0 Å². The van der Waals surface area contributed by atoms with Crippen LogP contribution in [0.3, 0.4) is 0 Å². The molecule has 16 heavy (non-hydrogen) atoms. The fourth-order valence-electron chi connectivity index (χ4n) is 1.96. The van der Waals surface area contributed by atoms with Crippen LogP contribution in [-0.4, -0.2) is 20.1 Å². The second kappa shape index (κ2) is 4.43. The third-order valence-corrected chi connectivity index (χ3v) is 2.81. The monoisotopic (exact) mass is 221 g/mol. The van der Waals surface area contributed by atoms with Gasteiger partial charge in [-0.2, -0.15) is 0 Å². The molecule has 4 heteroatoms. The average molecular weight is 221 g/mol. The number of carbonyl (C=O) groups excluding carboxylic acids is 1. The van der Waals surface area contributed by atoms with Gasteiger partial charge in [0.15, 0.2) is 0 Å². The van der Waals surface area contributed by atoms with Crippen LogP contribution in [0.4, 0.5) is 0 Å². The van der Waals surface area contributed by atoms with Crippen molar-refractivity contribution in [2.45, 2.75) is 18.9 Å². The molecule has 1 aliphatic heterocycles. The average Bonchev–Trinajstić information content (AvgIpc) is 2.75. The van der Waals surface area contributed by atoms with Crippen LogP contribution in [0.25, 0.3) is 0 Å². The van der Waals surface area contributed by atoms with Crippen molar-refractivity contribution in [1.82, 2.24) is 5.32 Å². The zero-order valence-corrected chi connectivity index (χ0v) is 9.45. The summed E-state index contributed by atoms with van der Waals surface area (Å²) in [4.78, 5) is 11.2. The van der Waals surface area contributed by atoms with E-state index in [0.29, 0.717) is 6.42 Å². The van der Waals surface area contributed by atoms with E-state index in [2.05, 4.69) is 5.32 Å². The van der Waals surface area contributed by atoms with Crippen LogP contribution in [0.5, 0.6) is 11.5 Å². The number of amides is 1. The Hall–Kier alpha value is -1.71. The van der Waals surface area contributed by atoms with E-state index in [0.717, 1.165) is 23.5 Å². The summed E-state index contributed by atoms with van der Waals surface area (Å²) in [7, 11) is 3.25. The molecule has 2 rings (SSSR count). The van der Waals surface area contributed by atoms with Crippen molar-refractivity contribution in [3.63, 3.8) is 0 Å². The number of hydrogen-bond acceptors (Lipinski definition) is 3. The van der Waals surface area contributed by atoms with Crippen molar-refractivity contribution in [2.24, 2.45) is 0 Å². The Kier molecular flexibility index (Phi) is 2.99. The molecule has 0 saturated carbocycles. The minimum atomic E-state index is 0.0394. The highest BCUT2D eigenvalue weighted by molar-refractivity contribution is 5.79. The van der Waals surface area contributed by atoms with Gasteiger partial charge in [-0.25, -0.2) is 0 Å². The highest BCUT2D eigenvalue weighted by Gasteiger charge is 2.25. The maximum atomic E-state index is 11.2. The molecular weight excluding hydrogens is 206 g/mol. The quantitative estimate of drug-likeness (QED) is 0.844. The van der Waals surface area contributed by atoms with Gasteiger partial charge in [0.2, 0.25) is 5.91 Å². The van der Waals surface area contributed by atoms with E-state index in [-0.39, 0.29) is 11.9 Å². The molecule has 1 unspecified atom stereocenters. The lowest BCUT2D eigenvalue weighted by Gasteiger charge is -2.15. The number of benzene rings is 1. The number of methoxy groups -OCH3 is 2. The molecular formula is C12H15NO3. The molecule has 0 aliphatic carbocycles. The molecule has 0 bridgehead atoms. The molecule has 1 N–H and O–H groups in total. The van der Waals surface area contributed by atoms with E-state index in [1.807, 2.05) is 18.2 Å². The van der Waals surface area contributed by atoms with Crippen molar-refractivity contribution in [1.29, 1.82) is 0 Å². The summed E-state index contributed by atoms with van der Waals surface area (Å²) in [6, 6.07) is 5.66. The van der Waals surface area contributed by atoms with Gasteiger partial charge >= 0.3 is 0 Å². The van der Waals surface area contributed by atoms with E-state index in [1.54, 1.807) is 14.2 Å². The Labute approximate surface area is 94.6 Å². The number of ether oxygens (including phenoxy) is 2. The molecule has 1 atom stereocenters. The molecule has 1 fully saturated rings. The standard InChI is InChI=1S/C12H15NO3/c1-15-8-3-5-11(16-2)9(7-8)10-4-6-12(14)13-10/h3,5,7,10H,4,6H2,1-2H3,(H,13,14). The molecule has 1 aromatic carbocycles. The molecule has 0 aromatic heterocycles. The van der Waals surface area contributed by atoms with Crippen molar-refractivity contribution in [2.75, 3.05) is 14.2 Å². The predicted octanol–water partition coefficient (Wildman–Crippen LogP) is 1.65. The molecule has 1 amide bonds. The number of nitrogens with one attached hydrogen (secondary N) is 1. The van der Waals surface area contributed by atoms with Crippen LogP contribution in [-0.2, 0) is 4.79 Å².